The molecule has 206 valence electrons. The number of fused-ring (bicyclic) bond motifs is 1. The van der Waals surface area contributed by atoms with Crippen molar-refractivity contribution in [2.24, 2.45) is 0 Å². The Morgan fingerprint density at radius 1 is 1.14 bits per heavy atom. The third-order valence-corrected chi connectivity index (χ3v) is 5.60. The number of allylic oxidation sites excluding steroid dienone is 1. The summed E-state index contributed by atoms with van der Waals surface area (Å²) in [7, 11) is 0. The van der Waals surface area contributed by atoms with Crippen molar-refractivity contribution in [3.63, 3.8) is 0 Å². The third-order valence-electron chi connectivity index (χ3n) is 5.60. The van der Waals surface area contributed by atoms with Gasteiger partial charge in [-0.25, -0.2) is 9.42 Å². The van der Waals surface area contributed by atoms with Gasteiger partial charge in [0.1, 0.15) is 5.60 Å². The molecule has 0 radical (unpaired) electrons. The molecule has 0 aliphatic rings. The van der Waals surface area contributed by atoms with Gasteiger partial charge in [0.05, 0.1) is 29.4 Å². The molecule has 1 aromatic heterocycles. The van der Waals surface area contributed by atoms with Crippen LogP contribution in [-0.4, -0.2) is 62.4 Å². The van der Waals surface area contributed by atoms with Gasteiger partial charge in [-0.15, -0.1) is 0 Å². The number of nitro benzene ring substituents is 1. The lowest BCUT2D eigenvalue weighted by molar-refractivity contribution is -0.383. The van der Waals surface area contributed by atoms with Gasteiger partial charge in [0, 0.05) is 12.6 Å². The summed E-state index contributed by atoms with van der Waals surface area (Å²) < 4.78 is 9.81. The monoisotopic (exact) mass is 521 g/mol. The average molecular weight is 522 g/mol. The van der Waals surface area contributed by atoms with E-state index < -0.39 is 35.4 Å². The highest BCUT2D eigenvalue weighted by molar-refractivity contribution is 5.93. The SMILES string of the molecule is CC(C)(C)OC(=O)NC(CO)[C@H](O)/C=C/CCCCCCCCCNc1ccc([N+](=O)[O-])c2nonc12. The first-order valence-electron chi connectivity index (χ1n) is 12.7. The molecule has 4 N–H and O–H groups in total. The van der Waals surface area contributed by atoms with E-state index in [1.54, 1.807) is 32.9 Å². The second-order valence-electron chi connectivity index (χ2n) is 9.90. The fourth-order valence-corrected chi connectivity index (χ4v) is 3.71. The van der Waals surface area contributed by atoms with Crippen LogP contribution in [0.15, 0.2) is 28.9 Å². The maximum absolute atomic E-state index is 11.8. The Labute approximate surface area is 216 Å². The van der Waals surface area contributed by atoms with Gasteiger partial charge in [-0.05, 0) is 56.4 Å². The van der Waals surface area contributed by atoms with Crippen molar-refractivity contribution in [1.82, 2.24) is 15.6 Å². The molecule has 0 saturated heterocycles. The van der Waals surface area contributed by atoms with Crippen LogP contribution in [0.3, 0.4) is 0 Å². The Morgan fingerprint density at radius 3 is 2.43 bits per heavy atom. The minimum atomic E-state index is -0.992. The van der Waals surface area contributed by atoms with Crippen molar-refractivity contribution < 1.29 is 29.3 Å². The van der Waals surface area contributed by atoms with Crippen LogP contribution in [0, 0.1) is 10.1 Å². The van der Waals surface area contributed by atoms with Gasteiger partial charge in [-0.1, -0.05) is 44.3 Å². The largest absolute Gasteiger partial charge is 0.444 e. The molecule has 2 atom stereocenters. The second kappa shape index (κ2) is 15.1. The molecule has 0 spiro atoms. The molecule has 1 unspecified atom stereocenters. The second-order valence-corrected chi connectivity index (χ2v) is 9.90. The quantitative estimate of drug-likeness (QED) is 0.107. The molecule has 0 fully saturated rings. The van der Waals surface area contributed by atoms with Crippen LogP contribution < -0.4 is 10.6 Å². The summed E-state index contributed by atoms with van der Waals surface area (Å²) >= 11 is 0. The zero-order valence-electron chi connectivity index (χ0n) is 21.8. The van der Waals surface area contributed by atoms with E-state index in [2.05, 4.69) is 25.6 Å². The number of nitrogens with zero attached hydrogens (tertiary/aromatic N) is 3. The number of aromatic nitrogens is 2. The van der Waals surface area contributed by atoms with Crippen LogP contribution in [0.2, 0.25) is 0 Å². The molecule has 1 amide bonds. The van der Waals surface area contributed by atoms with Crippen LogP contribution >= 0.6 is 0 Å². The van der Waals surface area contributed by atoms with Gasteiger partial charge in [0.15, 0.2) is 5.52 Å². The van der Waals surface area contributed by atoms with Gasteiger partial charge >= 0.3 is 11.8 Å². The molecular formula is C25H39N5O7. The van der Waals surface area contributed by atoms with Crippen molar-refractivity contribution in [2.75, 3.05) is 18.5 Å². The fourth-order valence-electron chi connectivity index (χ4n) is 3.71. The first-order chi connectivity index (χ1) is 17.6. The number of unbranched alkanes of at least 4 members (excludes halogenated alkanes) is 7. The van der Waals surface area contributed by atoms with Crippen molar-refractivity contribution in [3.05, 3.63) is 34.4 Å². The fraction of sp³-hybridized carbons (Fsp3) is 0.640. The van der Waals surface area contributed by atoms with E-state index in [0.717, 1.165) is 57.9 Å². The molecule has 2 rings (SSSR count). The number of aliphatic hydroxyl groups is 2. The number of rotatable bonds is 16. The number of carbonyl (C=O) groups is 1. The lowest BCUT2D eigenvalue weighted by atomic mass is 10.1. The van der Waals surface area contributed by atoms with Crippen molar-refractivity contribution in [3.8, 4) is 0 Å². The number of aliphatic hydroxyl groups excluding tert-OH is 2. The summed E-state index contributed by atoms with van der Waals surface area (Å²) in [4.78, 5) is 22.4. The van der Waals surface area contributed by atoms with Gasteiger partial charge < -0.3 is 25.6 Å². The molecule has 1 heterocycles. The highest BCUT2D eigenvalue weighted by Gasteiger charge is 2.22. The van der Waals surface area contributed by atoms with Gasteiger partial charge in [-0.2, -0.15) is 0 Å². The first kappa shape index (κ1) is 30.0. The summed E-state index contributed by atoms with van der Waals surface area (Å²) in [6, 6.07) is 2.20. The van der Waals surface area contributed by atoms with E-state index >= 15 is 0 Å². The van der Waals surface area contributed by atoms with Crippen molar-refractivity contribution >= 4 is 28.5 Å². The minimum absolute atomic E-state index is 0.127. The number of benzene rings is 1. The molecule has 12 heteroatoms. The highest BCUT2D eigenvalue weighted by Crippen LogP contribution is 2.28. The zero-order chi connectivity index (χ0) is 27.3. The number of nitrogens with one attached hydrogen (secondary N) is 2. The molecular weight excluding hydrogens is 482 g/mol. The summed E-state index contributed by atoms with van der Waals surface area (Å²) in [5.41, 5.74) is 0.399. The normalized spacial score (nSPS) is 13.5. The van der Waals surface area contributed by atoms with E-state index in [4.69, 9.17) is 4.74 Å². The topological polar surface area (TPSA) is 173 Å². The van der Waals surface area contributed by atoms with E-state index in [1.807, 2.05) is 6.08 Å². The predicted molar refractivity (Wildman–Crippen MR) is 139 cm³/mol. The Hall–Kier alpha value is -3.25. The number of anilines is 1. The minimum Gasteiger partial charge on any atom is -0.444 e. The summed E-state index contributed by atoms with van der Waals surface area (Å²) in [5.74, 6) is 0. The van der Waals surface area contributed by atoms with Crippen LogP contribution in [0.1, 0.15) is 72.1 Å². The van der Waals surface area contributed by atoms with Gasteiger partial charge in [0.25, 0.3) is 0 Å². The summed E-state index contributed by atoms with van der Waals surface area (Å²) in [6.07, 6.45) is 10.1. The number of nitro groups is 1. The van der Waals surface area contributed by atoms with Crippen LogP contribution in [0.25, 0.3) is 11.0 Å². The Bertz CT molecular complexity index is 1020. The molecule has 0 saturated carbocycles. The Morgan fingerprint density at radius 2 is 1.78 bits per heavy atom. The van der Waals surface area contributed by atoms with Crippen LogP contribution in [0.5, 0.6) is 0 Å². The maximum atomic E-state index is 11.8. The molecule has 2 aromatic rings. The number of hydrogen-bond acceptors (Lipinski definition) is 10. The average Bonchev–Trinajstić information content (AvgIpc) is 3.32. The molecule has 1 aromatic carbocycles. The number of alkyl carbamates (subject to hydrolysis) is 1. The Kier molecular flexibility index (Phi) is 12.2. The third kappa shape index (κ3) is 10.7. The maximum Gasteiger partial charge on any atom is 0.408 e. The van der Waals surface area contributed by atoms with Crippen molar-refractivity contribution in [1.29, 1.82) is 0 Å². The molecule has 0 bridgehead atoms. The first-order valence-corrected chi connectivity index (χ1v) is 12.7. The molecule has 37 heavy (non-hydrogen) atoms. The summed E-state index contributed by atoms with van der Waals surface area (Å²) in [5, 5.41) is 43.8. The smallest absolute Gasteiger partial charge is 0.408 e. The molecule has 0 aliphatic carbocycles. The highest BCUT2D eigenvalue weighted by atomic mass is 16.6. The van der Waals surface area contributed by atoms with Crippen molar-refractivity contribution in [2.45, 2.75) is 89.9 Å². The van der Waals surface area contributed by atoms with E-state index in [1.165, 1.54) is 6.07 Å². The molecule has 0 aliphatic heterocycles. The predicted octanol–water partition coefficient (Wildman–Crippen LogP) is 4.47. The number of carbonyl (C=O) groups excluding carboxylic acids is 1. The standard InChI is InChI=1S/C25H39N5O7/c1-25(2,3)36-24(33)27-19(17-31)21(32)13-11-9-7-5-4-6-8-10-12-16-26-18-14-15-20(30(34)35)23-22(18)28-37-29-23/h11,13-15,19,21,26,31-32H,4-10,12,16-17H2,1-3H3,(H,27,33)/b13-11+/t19?,21-/m1/s1. The molecule has 12 nitrogen and oxygen atoms in total. The van der Waals surface area contributed by atoms with Crippen LogP contribution in [-0.2, 0) is 4.74 Å². The number of hydrogen-bond donors (Lipinski definition) is 4. The van der Waals surface area contributed by atoms with Gasteiger partial charge in [0.2, 0.25) is 5.52 Å². The lowest BCUT2D eigenvalue weighted by Crippen LogP contribution is -2.47. The number of ether oxygens (including phenoxy) is 1. The van der Waals surface area contributed by atoms with E-state index in [-0.39, 0.29) is 11.2 Å². The Balaban J connectivity index is 1.53. The van der Waals surface area contributed by atoms with E-state index in [9.17, 15) is 25.1 Å². The lowest BCUT2D eigenvalue weighted by Gasteiger charge is -2.24. The van der Waals surface area contributed by atoms with E-state index in [0.29, 0.717) is 11.2 Å². The summed E-state index contributed by atoms with van der Waals surface area (Å²) in [6.45, 7) is 5.56. The number of amides is 1. The van der Waals surface area contributed by atoms with Gasteiger partial charge in [-0.3, -0.25) is 10.1 Å². The van der Waals surface area contributed by atoms with Crippen LogP contribution in [0.4, 0.5) is 16.2 Å². The number of non-ortho nitro benzene ring substituents is 1. The zero-order valence-corrected chi connectivity index (χ0v) is 21.8.